The molecule has 0 fully saturated rings. The molecule has 23 heavy (non-hydrogen) atoms. The van der Waals surface area contributed by atoms with Crippen molar-refractivity contribution in [2.45, 2.75) is 27.2 Å². The summed E-state index contributed by atoms with van der Waals surface area (Å²) in [6.45, 7) is 5.71. The van der Waals surface area contributed by atoms with Gasteiger partial charge in [-0.05, 0) is 44.5 Å². The molecule has 0 atom stereocenters. The lowest BCUT2D eigenvalue weighted by Crippen LogP contribution is -2.28. The Kier molecular flexibility index (Phi) is 3.90. The van der Waals surface area contributed by atoms with Crippen LogP contribution in [0.2, 0.25) is 0 Å². The van der Waals surface area contributed by atoms with Gasteiger partial charge in [0.2, 0.25) is 5.89 Å². The minimum absolute atomic E-state index is 0.261. The van der Waals surface area contributed by atoms with Gasteiger partial charge in [-0.25, -0.2) is 4.98 Å². The Morgan fingerprint density at radius 2 is 1.83 bits per heavy atom. The van der Waals surface area contributed by atoms with Crippen LogP contribution in [0.4, 0.5) is 0 Å². The number of fused-ring (bicyclic) bond motifs is 1. The molecule has 1 heterocycles. The number of benzene rings is 2. The van der Waals surface area contributed by atoms with Crippen molar-refractivity contribution < 1.29 is 13.9 Å². The lowest BCUT2D eigenvalue weighted by atomic mass is 9.91. The first kappa shape index (κ1) is 15.3. The molecule has 0 bridgehead atoms. The average molecular weight is 309 g/mol. The second kappa shape index (κ2) is 5.88. The zero-order chi connectivity index (χ0) is 16.4. The highest BCUT2D eigenvalue weighted by atomic mass is 16.5. The second-order valence-corrected chi connectivity index (χ2v) is 6.11. The molecule has 0 amide bonds. The number of aromatic nitrogens is 1. The van der Waals surface area contributed by atoms with E-state index in [0.29, 0.717) is 29.2 Å². The SMILES string of the molecule is CCC(C)(C)C(=O)Oc1ccccc1-c1nc2ccccc2o1. The van der Waals surface area contributed by atoms with Crippen LogP contribution in [0.25, 0.3) is 22.6 Å². The van der Waals surface area contributed by atoms with E-state index in [1.165, 1.54) is 0 Å². The first-order valence-corrected chi connectivity index (χ1v) is 7.68. The molecule has 0 unspecified atom stereocenters. The molecule has 4 nitrogen and oxygen atoms in total. The zero-order valence-electron chi connectivity index (χ0n) is 13.5. The Morgan fingerprint density at radius 1 is 1.13 bits per heavy atom. The lowest BCUT2D eigenvalue weighted by molar-refractivity contribution is -0.144. The fraction of sp³-hybridized carbons (Fsp3) is 0.263. The highest BCUT2D eigenvalue weighted by Crippen LogP contribution is 2.33. The fourth-order valence-electron chi connectivity index (χ4n) is 2.10. The molecular formula is C19H19NO3. The highest BCUT2D eigenvalue weighted by molar-refractivity contribution is 5.82. The number of nitrogens with zero attached hydrogens (tertiary/aromatic N) is 1. The quantitative estimate of drug-likeness (QED) is 0.511. The summed E-state index contributed by atoms with van der Waals surface area (Å²) in [6, 6.07) is 14.8. The number of para-hydroxylation sites is 3. The molecule has 0 saturated carbocycles. The smallest absolute Gasteiger partial charge is 0.316 e. The highest BCUT2D eigenvalue weighted by Gasteiger charge is 2.28. The van der Waals surface area contributed by atoms with Gasteiger partial charge in [0.25, 0.3) is 0 Å². The molecule has 1 aromatic heterocycles. The Labute approximate surface area is 135 Å². The predicted octanol–water partition coefficient (Wildman–Crippen LogP) is 4.84. The van der Waals surface area contributed by atoms with Gasteiger partial charge < -0.3 is 9.15 Å². The van der Waals surface area contributed by atoms with Crippen LogP contribution < -0.4 is 4.74 Å². The van der Waals surface area contributed by atoms with E-state index in [0.717, 1.165) is 5.52 Å². The summed E-state index contributed by atoms with van der Waals surface area (Å²) in [5.74, 6) is 0.651. The van der Waals surface area contributed by atoms with E-state index >= 15 is 0 Å². The topological polar surface area (TPSA) is 52.3 Å². The number of carbonyl (C=O) groups excluding carboxylic acids is 1. The molecule has 0 aliphatic heterocycles. The standard InChI is InChI=1S/C19H19NO3/c1-4-19(2,3)18(21)23-15-11-7-5-9-13(15)17-20-14-10-6-8-12-16(14)22-17/h5-12H,4H2,1-3H3. The van der Waals surface area contributed by atoms with Crippen LogP contribution in [-0.2, 0) is 4.79 Å². The van der Waals surface area contributed by atoms with Crippen molar-refractivity contribution in [3.05, 3.63) is 48.5 Å². The number of carbonyl (C=O) groups is 1. The molecule has 3 rings (SSSR count). The van der Waals surface area contributed by atoms with Crippen LogP contribution in [-0.4, -0.2) is 11.0 Å². The Bertz CT molecular complexity index is 815. The van der Waals surface area contributed by atoms with Gasteiger partial charge in [-0.15, -0.1) is 0 Å². The molecule has 0 aliphatic rings. The molecule has 0 aliphatic carbocycles. The number of ether oxygens (including phenoxy) is 1. The zero-order valence-corrected chi connectivity index (χ0v) is 13.5. The van der Waals surface area contributed by atoms with E-state index in [4.69, 9.17) is 9.15 Å². The third-order valence-electron chi connectivity index (χ3n) is 4.05. The van der Waals surface area contributed by atoms with Crippen LogP contribution in [0.3, 0.4) is 0 Å². The number of hydrogen-bond donors (Lipinski definition) is 0. The third kappa shape index (κ3) is 2.97. The van der Waals surface area contributed by atoms with Crippen molar-refractivity contribution in [2.24, 2.45) is 5.41 Å². The van der Waals surface area contributed by atoms with Crippen LogP contribution in [0, 0.1) is 5.41 Å². The molecular weight excluding hydrogens is 290 g/mol. The molecule has 118 valence electrons. The van der Waals surface area contributed by atoms with Gasteiger partial charge in [0.15, 0.2) is 5.58 Å². The minimum atomic E-state index is -0.533. The molecule has 2 aromatic carbocycles. The summed E-state index contributed by atoms with van der Waals surface area (Å²) in [5, 5.41) is 0. The monoisotopic (exact) mass is 309 g/mol. The van der Waals surface area contributed by atoms with Gasteiger partial charge in [0, 0.05) is 0 Å². The molecule has 4 heteroatoms. The summed E-state index contributed by atoms with van der Waals surface area (Å²) in [4.78, 5) is 16.8. The maximum atomic E-state index is 12.3. The maximum absolute atomic E-state index is 12.3. The Hall–Kier alpha value is -2.62. The van der Waals surface area contributed by atoms with Crippen molar-refractivity contribution in [3.8, 4) is 17.2 Å². The number of rotatable bonds is 4. The van der Waals surface area contributed by atoms with E-state index in [-0.39, 0.29) is 5.97 Å². The molecule has 0 spiro atoms. The van der Waals surface area contributed by atoms with Crippen LogP contribution in [0.15, 0.2) is 52.9 Å². The van der Waals surface area contributed by atoms with Gasteiger partial charge in [0.05, 0.1) is 11.0 Å². The maximum Gasteiger partial charge on any atom is 0.316 e. The van der Waals surface area contributed by atoms with Crippen LogP contribution >= 0.6 is 0 Å². The first-order chi connectivity index (χ1) is 11.0. The molecule has 0 radical (unpaired) electrons. The van der Waals surface area contributed by atoms with E-state index in [1.54, 1.807) is 6.07 Å². The largest absolute Gasteiger partial charge is 0.436 e. The fourth-order valence-corrected chi connectivity index (χ4v) is 2.10. The predicted molar refractivity (Wildman–Crippen MR) is 89.2 cm³/mol. The molecule has 3 aromatic rings. The van der Waals surface area contributed by atoms with Gasteiger partial charge in [-0.2, -0.15) is 0 Å². The van der Waals surface area contributed by atoms with Crippen molar-refractivity contribution >= 4 is 17.1 Å². The van der Waals surface area contributed by atoms with Crippen molar-refractivity contribution in [1.29, 1.82) is 0 Å². The molecule has 0 saturated heterocycles. The molecule has 0 N–H and O–H groups in total. The first-order valence-electron chi connectivity index (χ1n) is 7.68. The summed E-state index contributed by atoms with van der Waals surface area (Å²) < 4.78 is 11.4. The summed E-state index contributed by atoms with van der Waals surface area (Å²) >= 11 is 0. The Morgan fingerprint density at radius 3 is 2.57 bits per heavy atom. The van der Waals surface area contributed by atoms with Crippen molar-refractivity contribution in [1.82, 2.24) is 4.98 Å². The second-order valence-electron chi connectivity index (χ2n) is 6.11. The number of esters is 1. The summed E-state index contributed by atoms with van der Waals surface area (Å²) in [5.41, 5.74) is 1.62. The number of oxazole rings is 1. The van der Waals surface area contributed by atoms with Gasteiger partial charge in [-0.3, -0.25) is 4.79 Å². The average Bonchev–Trinajstić information content (AvgIpc) is 2.99. The van der Waals surface area contributed by atoms with Crippen molar-refractivity contribution in [3.63, 3.8) is 0 Å². The lowest BCUT2D eigenvalue weighted by Gasteiger charge is -2.20. The summed E-state index contributed by atoms with van der Waals surface area (Å²) in [6.07, 6.45) is 0.705. The Balaban J connectivity index is 1.99. The normalized spacial score (nSPS) is 11.6. The van der Waals surface area contributed by atoms with E-state index in [9.17, 15) is 4.79 Å². The minimum Gasteiger partial charge on any atom is -0.436 e. The van der Waals surface area contributed by atoms with Gasteiger partial charge >= 0.3 is 5.97 Å². The van der Waals surface area contributed by atoms with Gasteiger partial charge in [0.1, 0.15) is 11.3 Å². The van der Waals surface area contributed by atoms with Crippen LogP contribution in [0.1, 0.15) is 27.2 Å². The van der Waals surface area contributed by atoms with Gasteiger partial charge in [-0.1, -0.05) is 31.2 Å². The van der Waals surface area contributed by atoms with Crippen molar-refractivity contribution in [2.75, 3.05) is 0 Å². The number of hydrogen-bond acceptors (Lipinski definition) is 4. The van der Waals surface area contributed by atoms with E-state index < -0.39 is 5.41 Å². The van der Waals surface area contributed by atoms with E-state index in [2.05, 4.69) is 4.98 Å². The van der Waals surface area contributed by atoms with Crippen LogP contribution in [0.5, 0.6) is 5.75 Å². The van der Waals surface area contributed by atoms with E-state index in [1.807, 2.05) is 63.2 Å². The summed E-state index contributed by atoms with van der Waals surface area (Å²) in [7, 11) is 0. The third-order valence-corrected chi connectivity index (χ3v) is 4.05.